The molecule has 2 nitrogen and oxygen atoms in total. The molecule has 3 aromatic rings. The molecular formula is C18H13ClO2. The Kier molecular flexibility index (Phi) is 3.63. The summed E-state index contributed by atoms with van der Waals surface area (Å²) >= 11 is 6.19. The highest BCUT2D eigenvalue weighted by Crippen LogP contribution is 2.28. The third kappa shape index (κ3) is 2.50. The molecule has 3 rings (SSSR count). The van der Waals surface area contributed by atoms with Crippen molar-refractivity contribution < 1.29 is 9.53 Å². The summed E-state index contributed by atoms with van der Waals surface area (Å²) in [5.74, 6) is 0.707. The summed E-state index contributed by atoms with van der Waals surface area (Å²) in [7, 11) is 1.60. The summed E-state index contributed by atoms with van der Waals surface area (Å²) in [6.45, 7) is 0. The molecule has 0 saturated carbocycles. The van der Waals surface area contributed by atoms with Gasteiger partial charge in [0.1, 0.15) is 5.75 Å². The van der Waals surface area contributed by atoms with E-state index in [2.05, 4.69) is 0 Å². The number of hydrogen-bond acceptors (Lipinski definition) is 2. The molecule has 0 aromatic heterocycles. The Morgan fingerprint density at radius 3 is 2.24 bits per heavy atom. The van der Waals surface area contributed by atoms with Crippen molar-refractivity contribution in [3.05, 3.63) is 76.8 Å². The zero-order chi connectivity index (χ0) is 14.8. The highest BCUT2D eigenvalue weighted by molar-refractivity contribution is 6.36. The van der Waals surface area contributed by atoms with Gasteiger partial charge in [-0.05, 0) is 41.8 Å². The van der Waals surface area contributed by atoms with Crippen molar-refractivity contribution in [2.75, 3.05) is 7.11 Å². The number of ether oxygens (including phenoxy) is 1. The second-order valence-corrected chi connectivity index (χ2v) is 5.11. The number of ketones is 1. The zero-order valence-electron chi connectivity index (χ0n) is 11.5. The highest BCUT2D eigenvalue weighted by Gasteiger charge is 2.13. The molecule has 0 atom stereocenters. The van der Waals surface area contributed by atoms with Gasteiger partial charge < -0.3 is 4.74 Å². The van der Waals surface area contributed by atoms with Crippen LogP contribution in [0.25, 0.3) is 10.8 Å². The first-order valence-electron chi connectivity index (χ1n) is 6.56. The molecule has 0 N–H and O–H groups in total. The van der Waals surface area contributed by atoms with Crippen LogP contribution in [0.2, 0.25) is 5.02 Å². The van der Waals surface area contributed by atoms with E-state index in [-0.39, 0.29) is 5.78 Å². The maximum atomic E-state index is 12.7. The fourth-order valence-electron chi connectivity index (χ4n) is 2.36. The lowest BCUT2D eigenvalue weighted by Gasteiger charge is -2.08. The van der Waals surface area contributed by atoms with Crippen LogP contribution in [-0.2, 0) is 0 Å². The van der Waals surface area contributed by atoms with E-state index in [1.165, 1.54) is 0 Å². The third-order valence-corrected chi connectivity index (χ3v) is 3.80. The first kappa shape index (κ1) is 13.7. The van der Waals surface area contributed by atoms with Crippen LogP contribution < -0.4 is 4.74 Å². The molecule has 104 valence electrons. The van der Waals surface area contributed by atoms with E-state index in [1.54, 1.807) is 43.5 Å². The number of methoxy groups -OCH3 is 1. The molecule has 21 heavy (non-hydrogen) atoms. The molecule has 3 aromatic carbocycles. The van der Waals surface area contributed by atoms with Crippen LogP contribution in [0.15, 0.2) is 60.7 Å². The van der Waals surface area contributed by atoms with Gasteiger partial charge >= 0.3 is 0 Å². The summed E-state index contributed by atoms with van der Waals surface area (Å²) in [6.07, 6.45) is 0. The molecule has 0 aliphatic carbocycles. The maximum absolute atomic E-state index is 12.7. The lowest BCUT2D eigenvalue weighted by atomic mass is 9.97. The quantitative estimate of drug-likeness (QED) is 0.653. The van der Waals surface area contributed by atoms with Gasteiger partial charge in [0.2, 0.25) is 0 Å². The monoisotopic (exact) mass is 296 g/mol. The van der Waals surface area contributed by atoms with Crippen LogP contribution in [0.4, 0.5) is 0 Å². The van der Waals surface area contributed by atoms with Gasteiger partial charge in [-0.2, -0.15) is 0 Å². The van der Waals surface area contributed by atoms with Crippen LogP contribution in [-0.4, -0.2) is 12.9 Å². The third-order valence-electron chi connectivity index (χ3n) is 3.47. The fraction of sp³-hybridized carbons (Fsp3) is 0.0556. The Labute approximate surface area is 127 Å². The normalized spacial score (nSPS) is 10.6. The van der Waals surface area contributed by atoms with Crippen molar-refractivity contribution >= 4 is 28.2 Å². The minimum absolute atomic E-state index is 0.0227. The van der Waals surface area contributed by atoms with Gasteiger partial charge in [0.05, 0.1) is 7.11 Å². The lowest BCUT2D eigenvalue weighted by Crippen LogP contribution is -2.02. The molecule has 0 bridgehead atoms. The minimum Gasteiger partial charge on any atom is -0.497 e. The Bertz CT molecular complexity index is 807. The predicted octanol–water partition coefficient (Wildman–Crippen LogP) is 4.73. The van der Waals surface area contributed by atoms with Crippen LogP contribution >= 0.6 is 11.6 Å². The predicted molar refractivity (Wildman–Crippen MR) is 85.4 cm³/mol. The topological polar surface area (TPSA) is 26.3 Å². The number of hydrogen-bond donors (Lipinski definition) is 0. The number of fused-ring (bicyclic) bond motifs is 1. The standard InChI is InChI=1S/C18H13ClO2/c1-21-13-8-6-12(7-9-13)18(20)16-10-11-17(19)15-5-3-2-4-14(15)16/h2-11H,1H3. The molecular weight excluding hydrogens is 284 g/mol. The van der Waals surface area contributed by atoms with Gasteiger partial charge in [-0.3, -0.25) is 4.79 Å². The average molecular weight is 297 g/mol. The second kappa shape index (κ2) is 5.58. The molecule has 0 aliphatic rings. The Balaban J connectivity index is 2.11. The van der Waals surface area contributed by atoms with E-state index in [4.69, 9.17) is 16.3 Å². The zero-order valence-corrected chi connectivity index (χ0v) is 12.2. The smallest absolute Gasteiger partial charge is 0.193 e. The largest absolute Gasteiger partial charge is 0.497 e. The first-order chi connectivity index (χ1) is 10.2. The van der Waals surface area contributed by atoms with E-state index in [9.17, 15) is 4.79 Å². The fourth-order valence-corrected chi connectivity index (χ4v) is 2.59. The number of carbonyl (C=O) groups excluding carboxylic acids is 1. The number of carbonyl (C=O) groups is 1. The molecule has 0 amide bonds. The van der Waals surface area contributed by atoms with Crippen LogP contribution in [0.1, 0.15) is 15.9 Å². The van der Waals surface area contributed by atoms with Crippen LogP contribution in [0.3, 0.4) is 0 Å². The van der Waals surface area contributed by atoms with Gasteiger partial charge in [0.15, 0.2) is 5.78 Å². The Morgan fingerprint density at radius 1 is 0.905 bits per heavy atom. The van der Waals surface area contributed by atoms with E-state index in [1.807, 2.05) is 24.3 Å². The molecule has 0 saturated heterocycles. The SMILES string of the molecule is COc1ccc(C(=O)c2ccc(Cl)c3ccccc23)cc1. The molecule has 3 heteroatoms. The maximum Gasteiger partial charge on any atom is 0.193 e. The Hall–Kier alpha value is -2.32. The van der Waals surface area contributed by atoms with E-state index in [0.29, 0.717) is 16.1 Å². The Morgan fingerprint density at radius 2 is 1.57 bits per heavy atom. The average Bonchev–Trinajstić information content (AvgIpc) is 2.55. The van der Waals surface area contributed by atoms with Crippen molar-refractivity contribution in [2.24, 2.45) is 0 Å². The second-order valence-electron chi connectivity index (χ2n) is 4.70. The van der Waals surface area contributed by atoms with Gasteiger partial charge in [0.25, 0.3) is 0 Å². The van der Waals surface area contributed by atoms with Gasteiger partial charge in [0, 0.05) is 21.5 Å². The van der Waals surface area contributed by atoms with Crippen molar-refractivity contribution in [2.45, 2.75) is 0 Å². The van der Waals surface area contributed by atoms with E-state index >= 15 is 0 Å². The molecule has 0 heterocycles. The van der Waals surface area contributed by atoms with Gasteiger partial charge in [-0.25, -0.2) is 0 Å². The van der Waals surface area contributed by atoms with Crippen LogP contribution in [0.5, 0.6) is 5.75 Å². The highest BCUT2D eigenvalue weighted by atomic mass is 35.5. The number of rotatable bonds is 3. The molecule has 0 radical (unpaired) electrons. The molecule has 0 spiro atoms. The molecule has 0 unspecified atom stereocenters. The number of benzene rings is 3. The van der Waals surface area contributed by atoms with Crippen molar-refractivity contribution in [1.82, 2.24) is 0 Å². The van der Waals surface area contributed by atoms with Gasteiger partial charge in [-0.1, -0.05) is 35.9 Å². The van der Waals surface area contributed by atoms with Crippen LogP contribution in [0, 0.1) is 0 Å². The first-order valence-corrected chi connectivity index (χ1v) is 6.94. The summed E-state index contributed by atoms with van der Waals surface area (Å²) < 4.78 is 5.11. The van der Waals surface area contributed by atoms with Crippen molar-refractivity contribution in [1.29, 1.82) is 0 Å². The molecule has 0 aliphatic heterocycles. The summed E-state index contributed by atoms with van der Waals surface area (Å²) in [4.78, 5) is 12.7. The van der Waals surface area contributed by atoms with Crippen molar-refractivity contribution in [3.63, 3.8) is 0 Å². The molecule has 0 fully saturated rings. The minimum atomic E-state index is -0.0227. The van der Waals surface area contributed by atoms with Gasteiger partial charge in [-0.15, -0.1) is 0 Å². The van der Waals surface area contributed by atoms with E-state index < -0.39 is 0 Å². The number of halogens is 1. The van der Waals surface area contributed by atoms with Crippen molar-refractivity contribution in [3.8, 4) is 5.75 Å². The lowest BCUT2D eigenvalue weighted by molar-refractivity contribution is 0.104. The summed E-state index contributed by atoms with van der Waals surface area (Å²) in [5.41, 5.74) is 1.28. The summed E-state index contributed by atoms with van der Waals surface area (Å²) in [6, 6.07) is 18.3. The van der Waals surface area contributed by atoms with E-state index in [0.717, 1.165) is 16.5 Å². The summed E-state index contributed by atoms with van der Waals surface area (Å²) in [5, 5.41) is 2.40.